The lowest BCUT2D eigenvalue weighted by molar-refractivity contribution is 1.29. The molecule has 1 rings (SSSR count). The molecule has 0 atom stereocenters. The average molecular weight is 131 g/mol. The van der Waals surface area contributed by atoms with Gasteiger partial charge in [0.1, 0.15) is 0 Å². The van der Waals surface area contributed by atoms with Crippen LogP contribution in [0.5, 0.6) is 0 Å². The number of aromatic nitrogens is 1. The van der Waals surface area contributed by atoms with Gasteiger partial charge in [0.25, 0.3) is 0 Å². The average Bonchev–Trinajstić information content (AvgIpc) is 1.90. The highest BCUT2D eigenvalue weighted by Crippen LogP contribution is 2.01. The van der Waals surface area contributed by atoms with Crippen molar-refractivity contribution in [2.75, 3.05) is 0 Å². The second-order valence-corrected chi connectivity index (χ2v) is 2.44. The van der Waals surface area contributed by atoms with Crippen molar-refractivity contribution >= 4 is 20.7 Å². The molecule has 0 saturated carbocycles. The molecule has 0 aromatic carbocycles. The van der Waals surface area contributed by atoms with Crippen LogP contribution in [0, 0.1) is 0 Å². The zero-order valence-corrected chi connectivity index (χ0v) is 6.20. The maximum absolute atomic E-state index is 4.06. The predicted molar refractivity (Wildman–Crippen MR) is 39.0 cm³/mol. The maximum atomic E-state index is 4.06. The molecular formula is C7H6AlN. The van der Waals surface area contributed by atoms with Gasteiger partial charge in [0.15, 0.2) is 16.3 Å². The van der Waals surface area contributed by atoms with E-state index in [0.717, 1.165) is 10.1 Å². The van der Waals surface area contributed by atoms with Crippen molar-refractivity contribution in [2.45, 2.75) is 0 Å². The van der Waals surface area contributed by atoms with Crippen LogP contribution in [0.2, 0.25) is 0 Å². The van der Waals surface area contributed by atoms with Crippen LogP contribution >= 0.6 is 0 Å². The zero-order chi connectivity index (χ0) is 6.69. The molecule has 9 heavy (non-hydrogen) atoms. The number of nitrogens with zero attached hydrogens (tertiary/aromatic N) is 1. The Morgan fingerprint density at radius 1 is 1.56 bits per heavy atom. The summed E-state index contributed by atoms with van der Waals surface area (Å²) in [5, 5.41) is 0. The highest BCUT2D eigenvalue weighted by Gasteiger charge is 1.86. The van der Waals surface area contributed by atoms with E-state index in [9.17, 15) is 0 Å². The van der Waals surface area contributed by atoms with Gasteiger partial charge in [0.05, 0.1) is 0 Å². The Bertz CT molecular complexity index is 205. The van der Waals surface area contributed by atoms with E-state index in [1.165, 1.54) is 0 Å². The molecule has 42 valence electrons. The molecule has 1 aromatic heterocycles. The van der Waals surface area contributed by atoms with Crippen molar-refractivity contribution in [2.24, 2.45) is 0 Å². The lowest BCUT2D eigenvalue weighted by atomic mass is 10.3. The van der Waals surface area contributed by atoms with Gasteiger partial charge in [-0.25, -0.2) is 0 Å². The van der Waals surface area contributed by atoms with Crippen molar-refractivity contribution in [3.05, 3.63) is 36.7 Å². The van der Waals surface area contributed by atoms with Crippen molar-refractivity contribution in [3.63, 3.8) is 0 Å². The third-order valence-corrected chi connectivity index (χ3v) is 1.29. The Kier molecular flexibility index (Phi) is 2.05. The number of pyridine rings is 1. The second kappa shape index (κ2) is 2.82. The summed E-state index contributed by atoms with van der Waals surface area (Å²) in [7, 11) is 0. The van der Waals surface area contributed by atoms with Gasteiger partial charge < -0.3 is 0 Å². The molecule has 1 nitrogen and oxygen atoms in total. The fourth-order valence-electron chi connectivity index (χ4n) is 0.553. The number of hydrogen-bond acceptors (Lipinski definition) is 1. The minimum atomic E-state index is 0.926. The van der Waals surface area contributed by atoms with E-state index in [1.54, 1.807) is 6.20 Å². The Morgan fingerprint density at radius 3 is 2.67 bits per heavy atom. The van der Waals surface area contributed by atoms with E-state index in [2.05, 4.69) is 27.9 Å². The predicted octanol–water partition coefficient (Wildman–Crippen LogP) is 1.22. The molecule has 1 heterocycles. The van der Waals surface area contributed by atoms with Crippen molar-refractivity contribution < 1.29 is 0 Å². The summed E-state index contributed by atoms with van der Waals surface area (Å²) in [6.45, 7) is 3.73. The summed E-state index contributed by atoms with van der Waals surface area (Å²) in [6, 6.07) is 5.75. The molecule has 0 aliphatic heterocycles. The lowest BCUT2D eigenvalue weighted by Crippen LogP contribution is -1.83. The van der Waals surface area contributed by atoms with Crippen LogP contribution in [0.25, 0.3) is 4.44 Å². The molecule has 0 N–H and O–H groups in total. The second-order valence-electron chi connectivity index (χ2n) is 1.74. The standard InChI is InChI=1S/C7H6N.Al/c1-2-7-5-3-4-6-8-7;/h3-6H,1H2;. The van der Waals surface area contributed by atoms with Gasteiger partial charge in [-0.15, -0.1) is 11.0 Å². The monoisotopic (exact) mass is 131 g/mol. The fourth-order valence-corrected chi connectivity index (χ4v) is 0.723. The molecule has 0 saturated heterocycles. The van der Waals surface area contributed by atoms with E-state index in [0.29, 0.717) is 0 Å². The molecule has 1 aromatic rings. The summed E-state index contributed by atoms with van der Waals surface area (Å²) in [5.74, 6) is 0. The van der Waals surface area contributed by atoms with Crippen molar-refractivity contribution in [3.8, 4) is 0 Å². The van der Waals surface area contributed by atoms with Crippen LogP contribution in [0.1, 0.15) is 5.69 Å². The number of hydrogen-bond donors (Lipinski definition) is 0. The summed E-state index contributed by atoms with van der Waals surface area (Å²) in [6.07, 6.45) is 1.75. The Hall–Kier alpha value is -0.578. The molecule has 0 unspecified atom stereocenters. The van der Waals surface area contributed by atoms with E-state index in [1.807, 2.05) is 18.2 Å². The van der Waals surface area contributed by atoms with Crippen LogP contribution in [0.3, 0.4) is 0 Å². The lowest BCUT2D eigenvalue weighted by Gasteiger charge is -1.94. The summed E-state index contributed by atoms with van der Waals surface area (Å²) >= 11 is 2.52. The first-order chi connectivity index (χ1) is 4.30. The van der Waals surface area contributed by atoms with E-state index < -0.39 is 0 Å². The summed E-state index contributed by atoms with van der Waals surface area (Å²) < 4.78 is 0.926. The first-order valence-corrected chi connectivity index (χ1v) is 3.24. The van der Waals surface area contributed by atoms with Gasteiger partial charge in [-0.3, -0.25) is 4.98 Å². The topological polar surface area (TPSA) is 12.9 Å². The molecular weight excluding hydrogens is 125 g/mol. The zero-order valence-electron chi connectivity index (χ0n) is 5.04. The van der Waals surface area contributed by atoms with Crippen LogP contribution < -0.4 is 0 Å². The Balaban J connectivity index is 2.98. The number of rotatable bonds is 1. The van der Waals surface area contributed by atoms with Gasteiger partial charge in [0.2, 0.25) is 0 Å². The fraction of sp³-hybridized carbons (Fsp3) is 0. The molecule has 2 heteroatoms. The van der Waals surface area contributed by atoms with E-state index in [-0.39, 0.29) is 0 Å². The van der Waals surface area contributed by atoms with Gasteiger partial charge in [-0.2, -0.15) is 0 Å². The van der Waals surface area contributed by atoms with Crippen LogP contribution in [-0.4, -0.2) is 21.3 Å². The third kappa shape index (κ3) is 1.67. The molecule has 0 spiro atoms. The molecule has 0 bridgehead atoms. The maximum Gasteiger partial charge on any atom is 0.178 e. The summed E-state index contributed by atoms with van der Waals surface area (Å²) in [4.78, 5) is 4.06. The van der Waals surface area contributed by atoms with Gasteiger partial charge >= 0.3 is 0 Å². The normalized spacial score (nSPS) is 8.89. The minimum absolute atomic E-state index is 0.926. The van der Waals surface area contributed by atoms with E-state index in [4.69, 9.17) is 0 Å². The van der Waals surface area contributed by atoms with Crippen molar-refractivity contribution in [1.82, 2.24) is 4.98 Å². The smallest absolute Gasteiger partial charge is 0.178 e. The van der Waals surface area contributed by atoms with Crippen LogP contribution in [-0.2, 0) is 0 Å². The van der Waals surface area contributed by atoms with Gasteiger partial charge in [0, 0.05) is 11.9 Å². The van der Waals surface area contributed by atoms with Crippen molar-refractivity contribution in [1.29, 1.82) is 0 Å². The summed E-state index contributed by atoms with van der Waals surface area (Å²) in [5.41, 5.74) is 0.933. The van der Waals surface area contributed by atoms with Gasteiger partial charge in [-0.05, 0) is 12.1 Å². The first kappa shape index (κ1) is 6.54. The Morgan fingerprint density at radius 2 is 2.33 bits per heavy atom. The third-order valence-electron chi connectivity index (χ3n) is 0.994. The van der Waals surface area contributed by atoms with Crippen LogP contribution in [0.4, 0.5) is 0 Å². The highest BCUT2D eigenvalue weighted by molar-refractivity contribution is 6.41. The first-order valence-electron chi connectivity index (χ1n) is 2.66. The minimum Gasteiger partial charge on any atom is -0.258 e. The Labute approximate surface area is 62.9 Å². The van der Waals surface area contributed by atoms with Gasteiger partial charge in [-0.1, -0.05) is 6.07 Å². The molecule has 0 aliphatic carbocycles. The van der Waals surface area contributed by atoms with Crippen LogP contribution in [0.15, 0.2) is 31.0 Å². The molecule has 0 fully saturated rings. The largest absolute Gasteiger partial charge is 0.258 e. The SMILES string of the molecule is C=[C]([Al])c1ccccn1. The highest BCUT2D eigenvalue weighted by atomic mass is 27.0. The molecule has 0 aliphatic rings. The molecule has 2 radical (unpaired) electrons. The quantitative estimate of drug-likeness (QED) is 0.522. The molecule has 0 amide bonds. The van der Waals surface area contributed by atoms with E-state index >= 15 is 0 Å².